The Labute approximate surface area is 231 Å². The zero-order valence-corrected chi connectivity index (χ0v) is 22.8. The number of rotatable bonds is 9. The Hall–Kier alpha value is -2.92. The molecular formula is C29H34FN5O3S. The van der Waals surface area contributed by atoms with Crippen LogP contribution in [0.2, 0.25) is 0 Å². The van der Waals surface area contributed by atoms with Crippen LogP contribution in [0.4, 0.5) is 10.1 Å². The molecule has 39 heavy (non-hydrogen) atoms. The van der Waals surface area contributed by atoms with Gasteiger partial charge in [-0.15, -0.1) is 0 Å². The van der Waals surface area contributed by atoms with Crippen LogP contribution in [0, 0.1) is 5.82 Å². The van der Waals surface area contributed by atoms with Crippen molar-refractivity contribution in [3.05, 3.63) is 58.1 Å². The number of para-hydroxylation sites is 1. The number of nitrogens with zero attached hydrogens (tertiary/aromatic N) is 3. The highest BCUT2D eigenvalue weighted by molar-refractivity contribution is 8.00. The van der Waals surface area contributed by atoms with Crippen molar-refractivity contribution in [3.8, 4) is 5.69 Å². The van der Waals surface area contributed by atoms with Crippen molar-refractivity contribution < 1.29 is 13.9 Å². The van der Waals surface area contributed by atoms with Crippen molar-refractivity contribution in [2.45, 2.75) is 29.1 Å². The van der Waals surface area contributed by atoms with Gasteiger partial charge < -0.3 is 24.8 Å². The fourth-order valence-electron chi connectivity index (χ4n) is 5.66. The molecule has 1 amide bonds. The van der Waals surface area contributed by atoms with Crippen LogP contribution in [0.1, 0.15) is 29.6 Å². The van der Waals surface area contributed by atoms with Crippen molar-refractivity contribution in [2.24, 2.45) is 0 Å². The third-order valence-electron chi connectivity index (χ3n) is 7.75. The summed E-state index contributed by atoms with van der Waals surface area (Å²) < 4.78 is 22.9. The number of likely N-dealkylation sites (tertiary alicyclic amines) is 1. The zero-order valence-electron chi connectivity index (χ0n) is 22.0. The second kappa shape index (κ2) is 11.7. The predicted molar refractivity (Wildman–Crippen MR) is 152 cm³/mol. The van der Waals surface area contributed by atoms with E-state index in [4.69, 9.17) is 4.74 Å². The van der Waals surface area contributed by atoms with Crippen LogP contribution in [0.5, 0.6) is 0 Å². The highest BCUT2D eigenvalue weighted by atomic mass is 32.2. The average molecular weight is 552 g/mol. The molecule has 3 aromatic rings. The molecule has 0 bridgehead atoms. The molecule has 0 atom stereocenters. The molecule has 2 saturated heterocycles. The Morgan fingerprint density at radius 1 is 1.03 bits per heavy atom. The monoisotopic (exact) mass is 551 g/mol. The minimum absolute atomic E-state index is 0.0298. The number of aromatic nitrogens is 1. The summed E-state index contributed by atoms with van der Waals surface area (Å²) in [6.45, 7) is 8.17. The van der Waals surface area contributed by atoms with Crippen molar-refractivity contribution in [1.29, 1.82) is 0 Å². The van der Waals surface area contributed by atoms with Crippen molar-refractivity contribution in [3.63, 3.8) is 0 Å². The first-order valence-corrected chi connectivity index (χ1v) is 14.7. The van der Waals surface area contributed by atoms with Gasteiger partial charge in [-0.2, -0.15) is 0 Å². The van der Waals surface area contributed by atoms with Gasteiger partial charge in [-0.3, -0.25) is 14.5 Å². The molecular weight excluding hydrogens is 517 g/mol. The van der Waals surface area contributed by atoms with Crippen molar-refractivity contribution >= 4 is 34.3 Å². The molecule has 0 unspecified atom stereocenters. The Morgan fingerprint density at radius 2 is 1.79 bits per heavy atom. The lowest BCUT2D eigenvalue weighted by Crippen LogP contribution is -2.37. The third-order valence-corrected chi connectivity index (χ3v) is 8.91. The zero-order chi connectivity index (χ0) is 26.8. The van der Waals surface area contributed by atoms with Crippen LogP contribution < -0.4 is 16.1 Å². The SMILES string of the molecule is O=C(NCCN1CCCC1)c1cn2c3c(c(NCCCN4CCOCC4)c(F)cc3c1=O)Sc1ccccc1-2. The molecule has 1 aromatic heterocycles. The van der Waals surface area contributed by atoms with Gasteiger partial charge in [-0.1, -0.05) is 23.9 Å². The maximum atomic E-state index is 15.6. The molecule has 0 aliphatic carbocycles. The van der Waals surface area contributed by atoms with Gasteiger partial charge in [0.15, 0.2) is 0 Å². The summed E-state index contributed by atoms with van der Waals surface area (Å²) in [5.41, 5.74) is 1.49. The summed E-state index contributed by atoms with van der Waals surface area (Å²) in [7, 11) is 0. The normalized spacial score (nSPS) is 17.4. The van der Waals surface area contributed by atoms with E-state index in [-0.39, 0.29) is 10.9 Å². The van der Waals surface area contributed by atoms with Crippen LogP contribution >= 0.6 is 11.8 Å². The van der Waals surface area contributed by atoms with Crippen LogP contribution in [0.3, 0.4) is 0 Å². The van der Waals surface area contributed by atoms with Gasteiger partial charge in [0.25, 0.3) is 5.91 Å². The maximum Gasteiger partial charge on any atom is 0.256 e. The Bertz CT molecular complexity index is 1430. The number of nitrogens with one attached hydrogen (secondary N) is 2. The molecule has 0 saturated carbocycles. The van der Waals surface area contributed by atoms with E-state index in [9.17, 15) is 9.59 Å². The van der Waals surface area contributed by atoms with Crippen molar-refractivity contribution in [2.75, 3.05) is 70.9 Å². The van der Waals surface area contributed by atoms with E-state index in [1.807, 2.05) is 28.8 Å². The van der Waals surface area contributed by atoms with E-state index in [0.29, 0.717) is 29.2 Å². The number of hydrogen-bond donors (Lipinski definition) is 2. The molecule has 206 valence electrons. The molecule has 3 aliphatic rings. The molecule has 0 radical (unpaired) electrons. The van der Waals surface area contributed by atoms with E-state index >= 15 is 4.39 Å². The number of morpholine rings is 1. The molecule has 2 fully saturated rings. The number of carbonyl (C=O) groups excluding carboxylic acids is 1. The van der Waals surface area contributed by atoms with Gasteiger partial charge in [0.2, 0.25) is 5.43 Å². The molecule has 2 N–H and O–H groups in total. The molecule has 2 aromatic carbocycles. The summed E-state index contributed by atoms with van der Waals surface area (Å²) >= 11 is 1.46. The van der Waals surface area contributed by atoms with Crippen LogP contribution in [-0.2, 0) is 4.74 Å². The van der Waals surface area contributed by atoms with Crippen LogP contribution in [0.25, 0.3) is 16.6 Å². The first-order valence-electron chi connectivity index (χ1n) is 13.8. The highest BCUT2D eigenvalue weighted by Gasteiger charge is 2.27. The molecule has 0 spiro atoms. The van der Waals surface area contributed by atoms with E-state index in [0.717, 1.165) is 69.5 Å². The Morgan fingerprint density at radius 3 is 2.62 bits per heavy atom. The quantitative estimate of drug-likeness (QED) is 0.308. The largest absolute Gasteiger partial charge is 0.382 e. The first kappa shape index (κ1) is 26.3. The van der Waals surface area contributed by atoms with E-state index in [1.165, 1.54) is 30.7 Å². The van der Waals surface area contributed by atoms with Crippen LogP contribution in [-0.4, -0.2) is 85.8 Å². The van der Waals surface area contributed by atoms with E-state index in [1.54, 1.807) is 6.20 Å². The lowest BCUT2D eigenvalue weighted by Gasteiger charge is -2.27. The minimum Gasteiger partial charge on any atom is -0.382 e. The number of carbonyl (C=O) groups is 1. The predicted octanol–water partition coefficient (Wildman–Crippen LogP) is 3.55. The summed E-state index contributed by atoms with van der Waals surface area (Å²) in [5, 5.41) is 6.44. The summed E-state index contributed by atoms with van der Waals surface area (Å²) in [4.78, 5) is 33.0. The maximum absolute atomic E-state index is 15.6. The number of amides is 1. The topological polar surface area (TPSA) is 78.8 Å². The van der Waals surface area contributed by atoms with Gasteiger partial charge >= 0.3 is 0 Å². The Balaban J connectivity index is 1.30. The molecule has 4 heterocycles. The van der Waals surface area contributed by atoms with Crippen LogP contribution in [0.15, 0.2) is 51.1 Å². The summed E-state index contributed by atoms with van der Waals surface area (Å²) in [5.74, 6) is -0.904. The number of ether oxygens (including phenoxy) is 1. The number of pyridine rings is 1. The number of hydrogen-bond acceptors (Lipinski definition) is 7. The summed E-state index contributed by atoms with van der Waals surface area (Å²) in [6, 6.07) is 9.10. The molecule has 8 nitrogen and oxygen atoms in total. The second-order valence-electron chi connectivity index (χ2n) is 10.3. The summed E-state index contributed by atoms with van der Waals surface area (Å²) in [6.07, 6.45) is 4.85. The van der Waals surface area contributed by atoms with E-state index < -0.39 is 17.2 Å². The van der Waals surface area contributed by atoms with Gasteiger partial charge in [0.05, 0.1) is 40.4 Å². The van der Waals surface area contributed by atoms with Crippen molar-refractivity contribution in [1.82, 2.24) is 19.7 Å². The van der Waals surface area contributed by atoms with Gasteiger partial charge in [0.1, 0.15) is 11.4 Å². The first-order chi connectivity index (χ1) is 19.1. The molecule has 10 heteroatoms. The fourth-order valence-corrected chi connectivity index (χ4v) is 6.88. The number of halogens is 1. The Kier molecular flexibility index (Phi) is 7.87. The third kappa shape index (κ3) is 5.43. The lowest BCUT2D eigenvalue weighted by molar-refractivity contribution is 0.0378. The average Bonchev–Trinajstić information content (AvgIpc) is 3.47. The van der Waals surface area contributed by atoms with Gasteiger partial charge in [-0.05, 0) is 57.1 Å². The number of benzene rings is 2. The lowest BCUT2D eigenvalue weighted by atomic mass is 10.1. The van der Waals surface area contributed by atoms with Gasteiger partial charge in [-0.25, -0.2) is 4.39 Å². The highest BCUT2D eigenvalue weighted by Crippen LogP contribution is 2.46. The van der Waals surface area contributed by atoms with E-state index in [2.05, 4.69) is 20.4 Å². The standard InChI is InChI=1S/C29H34FN5O3S/c30-22-18-20-26-28(25(22)31-8-5-12-34-14-16-38-17-15-34)39-24-7-2-1-6-23(24)35(26)19-21(27(20)36)29(37)32-9-13-33-10-3-4-11-33/h1-2,6-7,18-19,31H,3-5,8-17H2,(H,32,37). The minimum atomic E-state index is -0.481. The van der Waals surface area contributed by atoms with Gasteiger partial charge in [0, 0.05) is 43.8 Å². The smallest absolute Gasteiger partial charge is 0.256 e. The number of fused-ring (bicyclic) bond motifs is 2. The molecule has 3 aliphatic heterocycles. The number of anilines is 1. The second-order valence-corrected chi connectivity index (χ2v) is 11.4. The molecule has 6 rings (SSSR count). The fraction of sp³-hybridized carbons (Fsp3) is 0.448.